The molecule has 80 valence electrons. The highest BCUT2D eigenvalue weighted by atomic mass is 32.1. The average molecular weight is 222 g/mol. The van der Waals surface area contributed by atoms with Crippen molar-refractivity contribution < 1.29 is 0 Å². The first-order chi connectivity index (χ1) is 7.25. The summed E-state index contributed by atoms with van der Waals surface area (Å²) in [7, 11) is 1.98. The third-order valence-electron chi connectivity index (χ3n) is 2.19. The molecule has 2 heterocycles. The van der Waals surface area contributed by atoms with Gasteiger partial charge in [0.1, 0.15) is 0 Å². The van der Waals surface area contributed by atoms with E-state index in [0.29, 0.717) is 0 Å². The molecule has 0 unspecified atom stereocenters. The minimum absolute atomic E-state index is 0.804. The molecule has 0 aromatic carbocycles. The SMILES string of the molecule is Cc1ncsc1CNCc1cn(C)cn1. The van der Waals surface area contributed by atoms with Crippen molar-refractivity contribution in [1.29, 1.82) is 0 Å². The fourth-order valence-corrected chi connectivity index (χ4v) is 2.10. The maximum absolute atomic E-state index is 4.25. The maximum Gasteiger partial charge on any atom is 0.0947 e. The van der Waals surface area contributed by atoms with Crippen LogP contribution < -0.4 is 5.32 Å². The van der Waals surface area contributed by atoms with E-state index >= 15 is 0 Å². The molecule has 0 spiro atoms. The van der Waals surface area contributed by atoms with Gasteiger partial charge in [0.15, 0.2) is 0 Å². The van der Waals surface area contributed by atoms with E-state index in [4.69, 9.17) is 0 Å². The summed E-state index contributed by atoms with van der Waals surface area (Å²) in [6.45, 7) is 3.71. The minimum atomic E-state index is 0.804. The summed E-state index contributed by atoms with van der Waals surface area (Å²) in [4.78, 5) is 9.75. The van der Waals surface area contributed by atoms with Crippen molar-refractivity contribution in [2.75, 3.05) is 0 Å². The number of hydrogen-bond donors (Lipinski definition) is 1. The van der Waals surface area contributed by atoms with Crippen LogP contribution in [0.2, 0.25) is 0 Å². The van der Waals surface area contributed by atoms with Gasteiger partial charge in [-0.1, -0.05) is 0 Å². The van der Waals surface area contributed by atoms with E-state index in [2.05, 4.69) is 15.3 Å². The van der Waals surface area contributed by atoms with Crippen LogP contribution in [0, 0.1) is 6.92 Å². The monoisotopic (exact) mass is 222 g/mol. The van der Waals surface area contributed by atoms with E-state index in [1.165, 1.54) is 4.88 Å². The molecule has 0 atom stereocenters. The number of hydrogen-bond acceptors (Lipinski definition) is 4. The minimum Gasteiger partial charge on any atom is -0.340 e. The lowest BCUT2D eigenvalue weighted by Crippen LogP contribution is -2.12. The quantitative estimate of drug-likeness (QED) is 0.852. The highest BCUT2D eigenvalue weighted by molar-refractivity contribution is 7.09. The fraction of sp³-hybridized carbons (Fsp3) is 0.400. The van der Waals surface area contributed by atoms with E-state index in [1.807, 2.05) is 36.6 Å². The lowest BCUT2D eigenvalue weighted by Gasteiger charge is -2.00. The van der Waals surface area contributed by atoms with Gasteiger partial charge in [-0.15, -0.1) is 11.3 Å². The average Bonchev–Trinajstić information content (AvgIpc) is 2.77. The van der Waals surface area contributed by atoms with Crippen molar-refractivity contribution in [2.24, 2.45) is 7.05 Å². The molecule has 2 aromatic heterocycles. The molecule has 0 amide bonds. The number of imidazole rings is 1. The van der Waals surface area contributed by atoms with Crippen molar-refractivity contribution >= 4 is 11.3 Å². The van der Waals surface area contributed by atoms with Crippen LogP contribution in [0.5, 0.6) is 0 Å². The number of thiazole rings is 1. The van der Waals surface area contributed by atoms with Crippen molar-refractivity contribution in [3.05, 3.63) is 34.3 Å². The maximum atomic E-state index is 4.25. The molecule has 2 aromatic rings. The topological polar surface area (TPSA) is 42.7 Å². The molecule has 5 heteroatoms. The summed E-state index contributed by atoms with van der Waals surface area (Å²) in [6.07, 6.45) is 3.83. The molecular weight excluding hydrogens is 208 g/mol. The Balaban J connectivity index is 1.83. The zero-order valence-electron chi connectivity index (χ0n) is 8.90. The van der Waals surface area contributed by atoms with Crippen molar-refractivity contribution in [2.45, 2.75) is 20.0 Å². The van der Waals surface area contributed by atoms with Gasteiger partial charge < -0.3 is 9.88 Å². The Hall–Kier alpha value is -1.20. The number of rotatable bonds is 4. The lowest BCUT2D eigenvalue weighted by molar-refractivity contribution is 0.685. The molecule has 1 N–H and O–H groups in total. The van der Waals surface area contributed by atoms with Gasteiger partial charge in [0, 0.05) is 31.2 Å². The van der Waals surface area contributed by atoms with E-state index < -0.39 is 0 Å². The normalized spacial score (nSPS) is 10.8. The molecular formula is C10H14N4S. The van der Waals surface area contributed by atoms with Gasteiger partial charge in [-0.2, -0.15) is 0 Å². The summed E-state index contributed by atoms with van der Waals surface area (Å²) in [5.74, 6) is 0. The molecule has 0 radical (unpaired) electrons. The van der Waals surface area contributed by atoms with Crippen LogP contribution in [0.1, 0.15) is 16.3 Å². The predicted octanol–water partition coefficient (Wildman–Crippen LogP) is 1.47. The Morgan fingerprint density at radius 3 is 2.87 bits per heavy atom. The molecule has 0 fully saturated rings. The summed E-state index contributed by atoms with van der Waals surface area (Å²) >= 11 is 1.69. The largest absolute Gasteiger partial charge is 0.340 e. The summed E-state index contributed by atoms with van der Waals surface area (Å²) in [6, 6.07) is 0. The van der Waals surface area contributed by atoms with Gasteiger partial charge in [0.2, 0.25) is 0 Å². The fourth-order valence-electron chi connectivity index (χ4n) is 1.36. The lowest BCUT2D eigenvalue weighted by atomic mass is 10.4. The Morgan fingerprint density at radius 1 is 1.40 bits per heavy atom. The van der Waals surface area contributed by atoms with Gasteiger partial charge in [0.05, 0.1) is 23.2 Å². The van der Waals surface area contributed by atoms with Crippen LogP contribution in [-0.4, -0.2) is 14.5 Å². The van der Waals surface area contributed by atoms with Gasteiger partial charge in [-0.05, 0) is 6.92 Å². The van der Waals surface area contributed by atoms with Crippen LogP contribution in [-0.2, 0) is 20.1 Å². The molecule has 0 saturated carbocycles. The van der Waals surface area contributed by atoms with Crippen molar-refractivity contribution in [1.82, 2.24) is 19.9 Å². The van der Waals surface area contributed by atoms with Crippen molar-refractivity contribution in [3.63, 3.8) is 0 Å². The van der Waals surface area contributed by atoms with Gasteiger partial charge in [-0.3, -0.25) is 0 Å². The van der Waals surface area contributed by atoms with Gasteiger partial charge in [0.25, 0.3) is 0 Å². The van der Waals surface area contributed by atoms with Gasteiger partial charge >= 0.3 is 0 Å². The first-order valence-electron chi connectivity index (χ1n) is 4.82. The molecule has 4 nitrogen and oxygen atoms in total. The third-order valence-corrected chi connectivity index (χ3v) is 3.13. The third kappa shape index (κ3) is 2.64. The number of nitrogens with zero attached hydrogens (tertiary/aromatic N) is 3. The highest BCUT2D eigenvalue weighted by Crippen LogP contribution is 2.11. The van der Waals surface area contributed by atoms with Crippen molar-refractivity contribution in [3.8, 4) is 0 Å². The van der Waals surface area contributed by atoms with E-state index in [1.54, 1.807) is 11.3 Å². The Kier molecular flexibility index (Phi) is 3.13. The Morgan fingerprint density at radius 2 is 2.27 bits per heavy atom. The van der Waals surface area contributed by atoms with Crippen LogP contribution in [0.15, 0.2) is 18.0 Å². The van der Waals surface area contributed by atoms with Crippen LogP contribution >= 0.6 is 11.3 Å². The zero-order chi connectivity index (χ0) is 10.7. The standard InChI is InChI=1S/C10H14N4S/c1-8-10(15-7-13-8)4-11-3-9-5-14(2)6-12-9/h5-7,11H,3-4H2,1-2H3. The molecule has 0 aliphatic carbocycles. The van der Waals surface area contributed by atoms with E-state index in [-0.39, 0.29) is 0 Å². The second-order valence-corrected chi connectivity index (χ2v) is 4.43. The molecule has 0 saturated heterocycles. The Bertz CT molecular complexity index is 432. The Labute approximate surface area is 93.0 Å². The predicted molar refractivity (Wildman–Crippen MR) is 60.6 cm³/mol. The summed E-state index contributed by atoms with van der Waals surface area (Å²) in [5.41, 5.74) is 4.07. The first kappa shape index (κ1) is 10.3. The van der Waals surface area contributed by atoms with Crippen LogP contribution in [0.4, 0.5) is 0 Å². The second kappa shape index (κ2) is 4.55. The van der Waals surface area contributed by atoms with E-state index in [9.17, 15) is 0 Å². The summed E-state index contributed by atoms with van der Waals surface area (Å²) < 4.78 is 1.95. The summed E-state index contributed by atoms with van der Waals surface area (Å²) in [5, 5.41) is 3.35. The van der Waals surface area contributed by atoms with Crippen LogP contribution in [0.3, 0.4) is 0 Å². The smallest absolute Gasteiger partial charge is 0.0947 e. The number of aryl methyl sites for hydroxylation is 2. The highest BCUT2D eigenvalue weighted by Gasteiger charge is 2.01. The molecule has 2 rings (SSSR count). The number of nitrogens with one attached hydrogen (secondary N) is 1. The van der Waals surface area contributed by atoms with Crippen LogP contribution in [0.25, 0.3) is 0 Å². The second-order valence-electron chi connectivity index (χ2n) is 3.49. The molecule has 0 aliphatic heterocycles. The zero-order valence-corrected chi connectivity index (χ0v) is 9.71. The molecule has 0 bridgehead atoms. The number of aromatic nitrogens is 3. The van der Waals surface area contributed by atoms with E-state index in [0.717, 1.165) is 24.5 Å². The molecule has 15 heavy (non-hydrogen) atoms. The first-order valence-corrected chi connectivity index (χ1v) is 5.70. The van der Waals surface area contributed by atoms with Gasteiger partial charge in [-0.25, -0.2) is 9.97 Å². The molecule has 0 aliphatic rings.